The minimum Gasteiger partial charge on any atom is -0.381 e. The molecule has 0 atom stereocenters. The first-order valence-electron chi connectivity index (χ1n) is 33.8. The molecule has 0 spiro atoms. The average molecular weight is 1200 g/mol. The molecule has 0 bridgehead atoms. The lowest BCUT2D eigenvalue weighted by Crippen LogP contribution is -2.10. The van der Waals surface area contributed by atoms with Crippen LogP contribution < -0.4 is 9.80 Å². The molecule has 1 heterocycles. The van der Waals surface area contributed by atoms with Gasteiger partial charge in [-0.15, -0.1) is 11.3 Å². The molecular formula is C84H98N2O2S. The van der Waals surface area contributed by atoms with Gasteiger partial charge in [-0.25, -0.2) is 0 Å². The summed E-state index contributed by atoms with van der Waals surface area (Å²) in [7, 11) is 0. The SMILES string of the molecule is C=Cc1ccc(CCOCCCCCCc2ccc(N(c3ccc(CCCCCC)cc3)c3ccc(-c4ccc(-c5ccc(N(c6ccc(CCCCCC)cc6)c6ccc(CCCCCCOCCc7ccc(C=C)cc7)cc6)cc5)s4)cc3)cc2)cc1. The zero-order chi connectivity index (χ0) is 61.5. The van der Waals surface area contributed by atoms with Gasteiger partial charge in [0.15, 0.2) is 0 Å². The molecule has 89 heavy (non-hydrogen) atoms. The predicted molar refractivity (Wildman–Crippen MR) is 387 cm³/mol. The zero-order valence-corrected chi connectivity index (χ0v) is 54.5. The van der Waals surface area contributed by atoms with Gasteiger partial charge in [-0.3, -0.25) is 0 Å². The van der Waals surface area contributed by atoms with Crippen molar-refractivity contribution < 1.29 is 9.47 Å². The van der Waals surface area contributed by atoms with Crippen molar-refractivity contribution in [2.45, 2.75) is 155 Å². The van der Waals surface area contributed by atoms with E-state index in [0.29, 0.717) is 0 Å². The van der Waals surface area contributed by atoms with Gasteiger partial charge in [-0.05, 0) is 218 Å². The van der Waals surface area contributed by atoms with Crippen molar-refractivity contribution in [3.8, 4) is 20.9 Å². The number of unbranched alkanes of at least 4 members (excludes halogenated alkanes) is 12. The topological polar surface area (TPSA) is 24.9 Å². The zero-order valence-electron chi connectivity index (χ0n) is 53.7. The fourth-order valence-electron chi connectivity index (χ4n) is 11.8. The van der Waals surface area contributed by atoms with Gasteiger partial charge in [0.1, 0.15) is 0 Å². The molecule has 0 N–H and O–H groups in total. The van der Waals surface area contributed by atoms with Gasteiger partial charge in [0.25, 0.3) is 0 Å². The van der Waals surface area contributed by atoms with Crippen molar-refractivity contribution >= 4 is 57.6 Å². The van der Waals surface area contributed by atoms with Gasteiger partial charge in [0, 0.05) is 57.1 Å². The summed E-state index contributed by atoms with van der Waals surface area (Å²) in [6, 6.07) is 77.4. The standard InChI is InChI=1S/C84H98N2O2S/c1-5-9-11-17-23-69-35-47-77(48-36-69)85(79-51-39-71(40-52-79)25-19-13-15-21-63-87-65-61-73-31-27-67(7-3)28-32-73)81-55-43-75(44-56-81)83-59-60-84(89-83)76-45-57-82(58-46-76)86(78-49-37-70(38-50-78)24-18-12-10-6-2)80-53-41-72(42-54-80)26-20-14-16-22-64-88-66-62-74-33-29-68(8-4)30-34-74/h7-8,27-60H,3-6,9-26,61-66H2,1-2H3. The number of ether oxygens (including phenoxy) is 2. The summed E-state index contributed by atoms with van der Waals surface area (Å²) in [6.45, 7) is 15.5. The minimum absolute atomic E-state index is 0.775. The summed E-state index contributed by atoms with van der Waals surface area (Å²) in [6.07, 6.45) is 29.7. The molecular weight excluding hydrogens is 1100 g/mol. The number of anilines is 6. The highest BCUT2D eigenvalue weighted by atomic mass is 32.1. The molecule has 0 aliphatic heterocycles. The largest absolute Gasteiger partial charge is 0.381 e. The summed E-state index contributed by atoms with van der Waals surface area (Å²) in [4.78, 5) is 7.36. The minimum atomic E-state index is 0.775. The molecule has 0 radical (unpaired) electrons. The number of thiophene rings is 1. The van der Waals surface area contributed by atoms with Gasteiger partial charge >= 0.3 is 0 Å². The lowest BCUT2D eigenvalue weighted by molar-refractivity contribution is 0.132. The highest BCUT2D eigenvalue weighted by Gasteiger charge is 2.17. The van der Waals surface area contributed by atoms with Crippen LogP contribution in [-0.4, -0.2) is 26.4 Å². The van der Waals surface area contributed by atoms with Crippen LogP contribution in [0.25, 0.3) is 33.0 Å². The molecule has 0 saturated heterocycles. The molecule has 1 aromatic heterocycles. The Morgan fingerprint density at radius 1 is 0.281 bits per heavy atom. The Morgan fingerprint density at radius 2 is 0.539 bits per heavy atom. The Balaban J connectivity index is 0.812. The third kappa shape index (κ3) is 21.0. The van der Waals surface area contributed by atoms with E-state index in [4.69, 9.17) is 9.47 Å². The Bertz CT molecular complexity index is 3190. The predicted octanol–water partition coefficient (Wildman–Crippen LogP) is 24.3. The van der Waals surface area contributed by atoms with Gasteiger partial charge in [0.2, 0.25) is 0 Å². The fraction of sp³-hybridized carbons (Fsp3) is 0.333. The third-order valence-electron chi connectivity index (χ3n) is 17.4. The average Bonchev–Trinajstić information content (AvgIpc) is 2.12. The van der Waals surface area contributed by atoms with Crippen LogP contribution in [0.15, 0.2) is 219 Å². The molecule has 8 aromatic carbocycles. The normalized spacial score (nSPS) is 11.3. The van der Waals surface area contributed by atoms with E-state index in [0.717, 1.165) is 100 Å². The summed E-state index contributed by atoms with van der Waals surface area (Å²) >= 11 is 1.86. The summed E-state index contributed by atoms with van der Waals surface area (Å²) in [5, 5.41) is 0. The number of rotatable bonds is 40. The van der Waals surface area contributed by atoms with Crippen LogP contribution in [0.1, 0.15) is 161 Å². The molecule has 0 unspecified atom stereocenters. The van der Waals surface area contributed by atoms with E-state index in [-0.39, 0.29) is 0 Å². The number of hydrogen-bond acceptors (Lipinski definition) is 5. The Labute approximate surface area is 540 Å². The van der Waals surface area contributed by atoms with Crippen LogP contribution in [-0.2, 0) is 48.0 Å². The first-order chi connectivity index (χ1) is 44.0. The molecule has 9 rings (SSSR count). The number of nitrogens with zero attached hydrogens (tertiary/aromatic N) is 2. The van der Waals surface area contributed by atoms with Crippen molar-refractivity contribution in [3.63, 3.8) is 0 Å². The Morgan fingerprint density at radius 3 is 0.831 bits per heavy atom. The van der Waals surface area contributed by atoms with E-state index in [9.17, 15) is 0 Å². The first-order valence-corrected chi connectivity index (χ1v) is 34.6. The second kappa shape index (κ2) is 36.8. The van der Waals surface area contributed by atoms with Gasteiger partial charge in [-0.2, -0.15) is 0 Å². The molecule has 4 nitrogen and oxygen atoms in total. The second-order valence-corrected chi connectivity index (χ2v) is 25.2. The van der Waals surface area contributed by atoms with Crippen LogP contribution >= 0.6 is 11.3 Å². The van der Waals surface area contributed by atoms with Gasteiger partial charge in [0.05, 0.1) is 13.2 Å². The summed E-state index contributed by atoms with van der Waals surface area (Å²) < 4.78 is 12.0. The van der Waals surface area contributed by atoms with E-state index in [1.165, 1.54) is 167 Å². The van der Waals surface area contributed by atoms with Crippen molar-refractivity contribution in [2.75, 3.05) is 36.2 Å². The molecule has 0 amide bonds. The number of hydrogen-bond donors (Lipinski definition) is 0. The van der Waals surface area contributed by atoms with Gasteiger partial charge < -0.3 is 19.3 Å². The quantitative estimate of drug-likeness (QED) is 0.0357. The van der Waals surface area contributed by atoms with Crippen LogP contribution in [0, 0.1) is 0 Å². The molecule has 0 saturated carbocycles. The van der Waals surface area contributed by atoms with Crippen LogP contribution in [0.4, 0.5) is 34.1 Å². The maximum Gasteiger partial charge on any atom is 0.0506 e. The number of benzene rings is 8. The van der Waals surface area contributed by atoms with E-state index in [1.54, 1.807) is 0 Å². The monoisotopic (exact) mass is 1200 g/mol. The van der Waals surface area contributed by atoms with Crippen LogP contribution in [0.3, 0.4) is 0 Å². The van der Waals surface area contributed by atoms with E-state index < -0.39 is 0 Å². The molecule has 0 aliphatic rings. The van der Waals surface area contributed by atoms with Gasteiger partial charge in [-0.1, -0.05) is 225 Å². The smallest absolute Gasteiger partial charge is 0.0506 e. The molecule has 0 fully saturated rings. The summed E-state index contributed by atoms with van der Waals surface area (Å²) in [5.74, 6) is 0. The maximum atomic E-state index is 5.99. The highest BCUT2D eigenvalue weighted by Crippen LogP contribution is 2.41. The first kappa shape index (κ1) is 65.9. The maximum absolute atomic E-state index is 5.99. The van der Waals surface area contributed by atoms with Crippen LogP contribution in [0.2, 0.25) is 0 Å². The molecule has 9 aromatic rings. The molecule has 0 aliphatic carbocycles. The molecule has 5 heteroatoms. The Hall–Kier alpha value is -7.54. The van der Waals surface area contributed by atoms with Crippen molar-refractivity contribution in [1.29, 1.82) is 0 Å². The second-order valence-electron chi connectivity index (χ2n) is 24.2. The van der Waals surface area contributed by atoms with Crippen LogP contribution in [0.5, 0.6) is 0 Å². The molecule has 462 valence electrons. The van der Waals surface area contributed by atoms with E-state index >= 15 is 0 Å². The third-order valence-corrected chi connectivity index (χ3v) is 18.5. The summed E-state index contributed by atoms with van der Waals surface area (Å²) in [5.41, 5.74) is 20.0. The lowest BCUT2D eigenvalue weighted by atomic mass is 10.0. The number of aryl methyl sites for hydroxylation is 4. The fourth-order valence-corrected chi connectivity index (χ4v) is 12.9. The van der Waals surface area contributed by atoms with E-state index in [2.05, 4.69) is 243 Å². The van der Waals surface area contributed by atoms with Crippen molar-refractivity contribution in [3.05, 3.63) is 264 Å². The van der Waals surface area contributed by atoms with Crippen molar-refractivity contribution in [2.24, 2.45) is 0 Å². The van der Waals surface area contributed by atoms with Crippen molar-refractivity contribution in [1.82, 2.24) is 0 Å². The van der Waals surface area contributed by atoms with E-state index in [1.807, 2.05) is 23.5 Å². The highest BCUT2D eigenvalue weighted by molar-refractivity contribution is 7.18. The Kier molecular flexibility index (Phi) is 27.3. The lowest BCUT2D eigenvalue weighted by Gasteiger charge is -2.26.